The highest BCUT2D eigenvalue weighted by Crippen LogP contribution is 2.23. The molecule has 0 saturated heterocycles. The van der Waals surface area contributed by atoms with Gasteiger partial charge in [-0.15, -0.1) is 0 Å². The van der Waals surface area contributed by atoms with Gasteiger partial charge in [0.1, 0.15) is 0 Å². The molecule has 0 aliphatic rings. The molecule has 3 aromatic rings. The predicted molar refractivity (Wildman–Crippen MR) is 86.5 cm³/mol. The molecule has 0 radical (unpaired) electrons. The zero-order valence-electron chi connectivity index (χ0n) is 13.0. The van der Waals surface area contributed by atoms with Crippen LogP contribution in [0.25, 0.3) is 16.6 Å². The number of nitrogens with zero attached hydrogens (tertiary/aromatic N) is 2. The molecule has 0 unspecified atom stereocenters. The topological polar surface area (TPSA) is 44.1 Å². The fourth-order valence-electron chi connectivity index (χ4n) is 2.69. The van der Waals surface area contributed by atoms with E-state index < -0.39 is 0 Å². The van der Waals surface area contributed by atoms with Crippen LogP contribution in [-0.4, -0.2) is 22.4 Å². The molecule has 4 heteroatoms. The summed E-state index contributed by atoms with van der Waals surface area (Å²) in [5.41, 5.74) is 4.39. The largest absolute Gasteiger partial charge is 0.461 e. The number of fused-ring (bicyclic) bond motifs is 1. The molecule has 1 heterocycles. The van der Waals surface area contributed by atoms with Crippen LogP contribution in [0.5, 0.6) is 0 Å². The molecule has 0 amide bonds. The van der Waals surface area contributed by atoms with Crippen molar-refractivity contribution < 1.29 is 9.53 Å². The fourth-order valence-corrected chi connectivity index (χ4v) is 2.69. The summed E-state index contributed by atoms with van der Waals surface area (Å²) in [6.45, 7) is 6.20. The molecule has 0 bridgehead atoms. The van der Waals surface area contributed by atoms with E-state index in [1.54, 1.807) is 11.6 Å². The molecule has 112 valence electrons. The van der Waals surface area contributed by atoms with Gasteiger partial charge in [0.2, 0.25) is 0 Å². The number of benzene rings is 2. The fraction of sp³-hybridized carbons (Fsp3) is 0.222. The number of hydrogen-bond acceptors (Lipinski definition) is 3. The second kappa shape index (κ2) is 5.64. The average molecular weight is 294 g/mol. The zero-order chi connectivity index (χ0) is 15.7. The molecular weight excluding hydrogens is 276 g/mol. The van der Waals surface area contributed by atoms with Crippen LogP contribution in [0.1, 0.15) is 28.5 Å². The minimum Gasteiger partial charge on any atom is -0.461 e. The molecule has 0 saturated carbocycles. The van der Waals surface area contributed by atoms with Crippen molar-refractivity contribution in [3.63, 3.8) is 0 Å². The second-order valence-corrected chi connectivity index (χ2v) is 5.34. The van der Waals surface area contributed by atoms with E-state index in [0.29, 0.717) is 12.3 Å². The Kier molecular flexibility index (Phi) is 3.67. The molecule has 1 aromatic heterocycles. The third-order valence-electron chi connectivity index (χ3n) is 3.50. The maximum atomic E-state index is 12.4. The maximum Gasteiger partial charge on any atom is 0.357 e. The van der Waals surface area contributed by atoms with Crippen LogP contribution >= 0.6 is 0 Å². The Hall–Kier alpha value is -2.62. The highest BCUT2D eigenvalue weighted by Gasteiger charge is 2.20. The molecular formula is C18H18N2O2. The Balaban J connectivity index is 2.28. The quantitative estimate of drug-likeness (QED) is 0.690. The summed E-state index contributed by atoms with van der Waals surface area (Å²) < 4.78 is 6.90. The zero-order valence-corrected chi connectivity index (χ0v) is 13.0. The van der Waals surface area contributed by atoms with E-state index in [4.69, 9.17) is 4.74 Å². The molecule has 3 rings (SSSR count). The van der Waals surface area contributed by atoms with Crippen molar-refractivity contribution >= 4 is 16.9 Å². The number of aromatic nitrogens is 2. The van der Waals surface area contributed by atoms with Gasteiger partial charge in [0.25, 0.3) is 0 Å². The van der Waals surface area contributed by atoms with Gasteiger partial charge < -0.3 is 4.74 Å². The smallest absolute Gasteiger partial charge is 0.357 e. The average Bonchev–Trinajstić information content (AvgIpc) is 2.86. The first kappa shape index (κ1) is 14.3. The lowest BCUT2D eigenvalue weighted by Crippen LogP contribution is -2.12. The molecule has 22 heavy (non-hydrogen) atoms. The lowest BCUT2D eigenvalue weighted by molar-refractivity contribution is 0.0518. The van der Waals surface area contributed by atoms with Crippen molar-refractivity contribution in [3.05, 3.63) is 59.3 Å². The van der Waals surface area contributed by atoms with Crippen LogP contribution < -0.4 is 0 Å². The first-order valence-electron chi connectivity index (χ1n) is 7.33. The number of hydrogen-bond donors (Lipinski definition) is 0. The standard InChI is InChI=1S/C18H18N2O2/c1-4-22-18(21)17-15-7-5-6-8-16(15)19-20(17)14-10-12(2)9-13(3)11-14/h5-11H,4H2,1-3H3. The van der Waals surface area contributed by atoms with Gasteiger partial charge in [0.05, 0.1) is 17.8 Å². The summed E-state index contributed by atoms with van der Waals surface area (Å²) in [4.78, 5) is 12.4. The van der Waals surface area contributed by atoms with Gasteiger partial charge >= 0.3 is 5.97 Å². The van der Waals surface area contributed by atoms with E-state index in [2.05, 4.69) is 11.2 Å². The van der Waals surface area contributed by atoms with Crippen molar-refractivity contribution in [2.45, 2.75) is 20.8 Å². The summed E-state index contributed by atoms with van der Waals surface area (Å²) in [5.74, 6) is -0.352. The minimum absolute atomic E-state index is 0.338. The number of carbonyl (C=O) groups is 1. The van der Waals surface area contributed by atoms with Crippen molar-refractivity contribution in [1.29, 1.82) is 0 Å². The number of rotatable bonds is 3. The van der Waals surface area contributed by atoms with Crippen molar-refractivity contribution in [2.24, 2.45) is 0 Å². The number of carbonyl (C=O) groups excluding carboxylic acids is 1. The first-order valence-corrected chi connectivity index (χ1v) is 7.33. The van der Waals surface area contributed by atoms with Crippen molar-refractivity contribution in [1.82, 2.24) is 9.78 Å². The first-order chi connectivity index (χ1) is 10.6. The van der Waals surface area contributed by atoms with Crippen LogP contribution in [0.2, 0.25) is 0 Å². The third kappa shape index (κ3) is 2.48. The monoisotopic (exact) mass is 294 g/mol. The van der Waals surface area contributed by atoms with Gasteiger partial charge in [-0.2, -0.15) is 5.10 Å². The Bertz CT molecular complexity index is 829. The third-order valence-corrected chi connectivity index (χ3v) is 3.50. The molecule has 0 atom stereocenters. The molecule has 0 fully saturated rings. The molecule has 2 aromatic carbocycles. The van der Waals surface area contributed by atoms with Crippen LogP contribution in [-0.2, 0) is 4.74 Å². The van der Waals surface area contributed by atoms with E-state index in [-0.39, 0.29) is 5.97 Å². The number of aryl methyl sites for hydroxylation is 2. The summed E-state index contributed by atoms with van der Waals surface area (Å²) >= 11 is 0. The summed E-state index contributed by atoms with van der Waals surface area (Å²) in [5, 5.41) is 5.39. The number of esters is 1. The van der Waals surface area contributed by atoms with Crippen molar-refractivity contribution in [3.8, 4) is 5.69 Å². The summed E-state index contributed by atoms with van der Waals surface area (Å²) in [6, 6.07) is 13.7. The van der Waals surface area contributed by atoms with E-state index in [9.17, 15) is 4.79 Å². The SMILES string of the molecule is CCOC(=O)c1c2ccccc2nn1-c1cc(C)cc(C)c1. The number of ether oxygens (including phenoxy) is 1. The van der Waals surface area contributed by atoms with E-state index in [1.165, 1.54) is 0 Å². The van der Waals surface area contributed by atoms with E-state index >= 15 is 0 Å². The Morgan fingerprint density at radius 2 is 1.82 bits per heavy atom. The molecule has 0 aliphatic carbocycles. The molecule has 0 N–H and O–H groups in total. The van der Waals surface area contributed by atoms with Crippen LogP contribution in [0.4, 0.5) is 0 Å². The Morgan fingerprint density at radius 1 is 1.14 bits per heavy atom. The van der Waals surface area contributed by atoms with Gasteiger partial charge in [-0.1, -0.05) is 24.3 Å². The lowest BCUT2D eigenvalue weighted by atomic mass is 10.1. The highest BCUT2D eigenvalue weighted by molar-refractivity contribution is 6.02. The van der Waals surface area contributed by atoms with Crippen LogP contribution in [0, 0.1) is 13.8 Å². The normalized spacial score (nSPS) is 10.9. The van der Waals surface area contributed by atoms with Crippen molar-refractivity contribution in [2.75, 3.05) is 6.61 Å². The van der Waals surface area contributed by atoms with E-state index in [0.717, 1.165) is 27.7 Å². The summed E-state index contributed by atoms with van der Waals surface area (Å²) in [6.07, 6.45) is 0. The van der Waals surface area contributed by atoms with Gasteiger partial charge in [-0.05, 0) is 50.1 Å². The van der Waals surface area contributed by atoms with E-state index in [1.807, 2.05) is 50.2 Å². The van der Waals surface area contributed by atoms with Gasteiger partial charge in [0, 0.05) is 5.39 Å². The Morgan fingerprint density at radius 3 is 2.50 bits per heavy atom. The van der Waals surface area contributed by atoms with Crippen LogP contribution in [0.3, 0.4) is 0 Å². The minimum atomic E-state index is -0.352. The van der Waals surface area contributed by atoms with Gasteiger partial charge in [-0.3, -0.25) is 0 Å². The lowest BCUT2D eigenvalue weighted by Gasteiger charge is -2.09. The molecule has 4 nitrogen and oxygen atoms in total. The molecule has 0 aliphatic heterocycles. The molecule has 0 spiro atoms. The van der Waals surface area contributed by atoms with Gasteiger partial charge in [0.15, 0.2) is 5.69 Å². The Labute approximate surface area is 129 Å². The second-order valence-electron chi connectivity index (χ2n) is 5.34. The predicted octanol–water partition coefficient (Wildman–Crippen LogP) is 3.82. The van der Waals surface area contributed by atoms with Gasteiger partial charge in [-0.25, -0.2) is 9.48 Å². The maximum absolute atomic E-state index is 12.4. The summed E-state index contributed by atoms with van der Waals surface area (Å²) in [7, 11) is 0. The van der Waals surface area contributed by atoms with Crippen LogP contribution in [0.15, 0.2) is 42.5 Å². The highest BCUT2D eigenvalue weighted by atomic mass is 16.5.